The SMILES string of the molecule is CC(C)(C)OC(=O)NCC=Cc1c(N)cccc1C(=O)O. The maximum absolute atomic E-state index is 11.4. The quantitative estimate of drug-likeness (QED) is 0.740. The van der Waals surface area contributed by atoms with Gasteiger partial charge in [-0.2, -0.15) is 0 Å². The molecule has 0 saturated heterocycles. The van der Waals surface area contributed by atoms with Crippen LogP contribution in [0.2, 0.25) is 0 Å². The van der Waals surface area contributed by atoms with Gasteiger partial charge in [-0.15, -0.1) is 0 Å². The van der Waals surface area contributed by atoms with E-state index in [1.165, 1.54) is 6.07 Å². The Hall–Kier alpha value is -2.50. The zero-order valence-corrected chi connectivity index (χ0v) is 12.3. The van der Waals surface area contributed by atoms with Crippen molar-refractivity contribution in [1.29, 1.82) is 0 Å². The van der Waals surface area contributed by atoms with Crippen molar-refractivity contribution in [3.8, 4) is 0 Å². The Morgan fingerprint density at radius 2 is 2.05 bits per heavy atom. The Bertz CT molecular complexity index is 559. The summed E-state index contributed by atoms with van der Waals surface area (Å²) < 4.78 is 5.07. The van der Waals surface area contributed by atoms with E-state index in [4.69, 9.17) is 15.6 Å². The zero-order chi connectivity index (χ0) is 16.0. The molecule has 0 aliphatic heterocycles. The van der Waals surface area contributed by atoms with Gasteiger partial charge in [-0.3, -0.25) is 0 Å². The van der Waals surface area contributed by atoms with Crippen molar-refractivity contribution in [3.63, 3.8) is 0 Å². The number of alkyl carbamates (subject to hydrolysis) is 1. The van der Waals surface area contributed by atoms with E-state index in [-0.39, 0.29) is 12.1 Å². The molecule has 0 aliphatic rings. The Kier molecular flexibility index (Phi) is 5.35. The second kappa shape index (κ2) is 6.78. The molecular weight excluding hydrogens is 272 g/mol. The van der Waals surface area contributed by atoms with Crippen molar-refractivity contribution in [2.75, 3.05) is 12.3 Å². The van der Waals surface area contributed by atoms with Crippen LogP contribution >= 0.6 is 0 Å². The van der Waals surface area contributed by atoms with Gasteiger partial charge in [-0.05, 0) is 32.9 Å². The minimum Gasteiger partial charge on any atom is -0.478 e. The Balaban J connectivity index is 2.66. The largest absolute Gasteiger partial charge is 0.478 e. The topological polar surface area (TPSA) is 102 Å². The van der Waals surface area contributed by atoms with Gasteiger partial charge < -0.3 is 20.9 Å². The van der Waals surface area contributed by atoms with Crippen LogP contribution in [0.5, 0.6) is 0 Å². The summed E-state index contributed by atoms with van der Waals surface area (Å²) in [6, 6.07) is 4.67. The summed E-state index contributed by atoms with van der Waals surface area (Å²) in [5.41, 5.74) is 6.09. The third kappa shape index (κ3) is 5.56. The van der Waals surface area contributed by atoms with Gasteiger partial charge in [-0.1, -0.05) is 18.2 Å². The van der Waals surface area contributed by atoms with Crippen LogP contribution in [0.4, 0.5) is 10.5 Å². The lowest BCUT2D eigenvalue weighted by molar-refractivity contribution is 0.0533. The average molecular weight is 292 g/mol. The van der Waals surface area contributed by atoms with Crippen LogP contribution in [-0.4, -0.2) is 29.3 Å². The molecule has 0 bridgehead atoms. The number of carbonyl (C=O) groups excluding carboxylic acids is 1. The number of ether oxygens (including phenoxy) is 1. The summed E-state index contributed by atoms with van der Waals surface area (Å²) in [6.07, 6.45) is 2.64. The van der Waals surface area contributed by atoms with E-state index in [1.54, 1.807) is 45.1 Å². The molecule has 0 fully saturated rings. The first-order valence-electron chi connectivity index (χ1n) is 6.46. The highest BCUT2D eigenvalue weighted by atomic mass is 16.6. The molecule has 21 heavy (non-hydrogen) atoms. The highest BCUT2D eigenvalue weighted by Gasteiger charge is 2.15. The summed E-state index contributed by atoms with van der Waals surface area (Å²) in [7, 11) is 0. The lowest BCUT2D eigenvalue weighted by Gasteiger charge is -2.19. The highest BCUT2D eigenvalue weighted by molar-refractivity contribution is 5.94. The fourth-order valence-corrected chi connectivity index (χ4v) is 1.59. The molecule has 1 rings (SSSR count). The van der Waals surface area contributed by atoms with Gasteiger partial charge in [0.2, 0.25) is 0 Å². The number of nitrogens with one attached hydrogen (secondary N) is 1. The van der Waals surface area contributed by atoms with Crippen LogP contribution in [0.1, 0.15) is 36.7 Å². The van der Waals surface area contributed by atoms with Crippen LogP contribution in [0.25, 0.3) is 6.08 Å². The monoisotopic (exact) mass is 292 g/mol. The molecule has 0 radical (unpaired) electrons. The van der Waals surface area contributed by atoms with Crippen LogP contribution in [0.15, 0.2) is 24.3 Å². The van der Waals surface area contributed by atoms with Crippen molar-refractivity contribution in [2.24, 2.45) is 0 Å². The van der Waals surface area contributed by atoms with E-state index >= 15 is 0 Å². The number of aromatic carboxylic acids is 1. The van der Waals surface area contributed by atoms with E-state index in [0.717, 1.165) is 0 Å². The number of carbonyl (C=O) groups is 2. The molecule has 0 aliphatic carbocycles. The predicted molar refractivity (Wildman–Crippen MR) is 81.1 cm³/mol. The maximum Gasteiger partial charge on any atom is 0.407 e. The molecule has 1 aromatic rings. The van der Waals surface area contributed by atoms with E-state index < -0.39 is 17.7 Å². The summed E-state index contributed by atoms with van der Waals surface area (Å²) in [5, 5.41) is 11.6. The smallest absolute Gasteiger partial charge is 0.407 e. The lowest BCUT2D eigenvalue weighted by Crippen LogP contribution is -2.32. The van der Waals surface area contributed by atoms with Crippen molar-refractivity contribution in [3.05, 3.63) is 35.4 Å². The molecule has 4 N–H and O–H groups in total. The molecule has 0 saturated carbocycles. The van der Waals surface area contributed by atoms with Gasteiger partial charge in [-0.25, -0.2) is 9.59 Å². The van der Waals surface area contributed by atoms with E-state index in [2.05, 4.69) is 5.32 Å². The normalized spacial score (nSPS) is 11.4. The minimum absolute atomic E-state index is 0.114. The molecule has 1 aromatic carbocycles. The lowest BCUT2D eigenvalue weighted by atomic mass is 10.1. The number of nitrogens with two attached hydrogens (primary N) is 1. The first kappa shape index (κ1) is 16.6. The molecule has 1 amide bonds. The Labute approximate surface area is 123 Å². The molecule has 114 valence electrons. The number of nitrogen functional groups attached to an aromatic ring is 1. The molecule has 0 unspecified atom stereocenters. The second-order valence-corrected chi connectivity index (χ2v) is 5.40. The Morgan fingerprint density at radius 3 is 2.62 bits per heavy atom. The van der Waals surface area contributed by atoms with Crippen molar-refractivity contribution in [2.45, 2.75) is 26.4 Å². The second-order valence-electron chi connectivity index (χ2n) is 5.40. The van der Waals surface area contributed by atoms with Crippen LogP contribution < -0.4 is 11.1 Å². The first-order valence-corrected chi connectivity index (χ1v) is 6.46. The number of anilines is 1. The molecule has 0 spiro atoms. The van der Waals surface area contributed by atoms with E-state index in [9.17, 15) is 9.59 Å². The van der Waals surface area contributed by atoms with Crippen LogP contribution in [-0.2, 0) is 4.74 Å². The first-order chi connectivity index (χ1) is 9.70. The minimum atomic E-state index is -1.05. The van der Waals surface area contributed by atoms with Gasteiger partial charge in [0.1, 0.15) is 5.60 Å². The number of benzene rings is 1. The molecule has 0 atom stereocenters. The number of hydrogen-bond donors (Lipinski definition) is 3. The van der Waals surface area contributed by atoms with E-state index in [0.29, 0.717) is 11.3 Å². The summed E-state index contributed by atoms with van der Waals surface area (Å²) >= 11 is 0. The number of carboxylic acids is 1. The van der Waals surface area contributed by atoms with Gasteiger partial charge in [0.05, 0.1) is 5.56 Å². The van der Waals surface area contributed by atoms with Crippen molar-refractivity contribution < 1.29 is 19.4 Å². The van der Waals surface area contributed by atoms with Gasteiger partial charge >= 0.3 is 12.1 Å². The van der Waals surface area contributed by atoms with Crippen molar-refractivity contribution in [1.82, 2.24) is 5.32 Å². The number of rotatable bonds is 4. The third-order valence-electron chi connectivity index (χ3n) is 2.42. The summed E-state index contributed by atoms with van der Waals surface area (Å²) in [4.78, 5) is 22.5. The predicted octanol–water partition coefficient (Wildman–Crippen LogP) is 2.50. The van der Waals surface area contributed by atoms with Crippen LogP contribution in [0, 0.1) is 0 Å². The fraction of sp³-hybridized carbons (Fsp3) is 0.333. The van der Waals surface area contributed by atoms with Gasteiger partial charge in [0, 0.05) is 17.8 Å². The third-order valence-corrected chi connectivity index (χ3v) is 2.42. The highest BCUT2D eigenvalue weighted by Crippen LogP contribution is 2.18. The number of carboxylic acid groups (broad SMARTS) is 1. The van der Waals surface area contributed by atoms with Gasteiger partial charge in [0.25, 0.3) is 0 Å². The fourth-order valence-electron chi connectivity index (χ4n) is 1.59. The van der Waals surface area contributed by atoms with Crippen molar-refractivity contribution >= 4 is 23.8 Å². The maximum atomic E-state index is 11.4. The molecule has 0 aromatic heterocycles. The van der Waals surface area contributed by atoms with E-state index in [1.807, 2.05) is 0 Å². The molecule has 6 heteroatoms. The summed E-state index contributed by atoms with van der Waals surface area (Å²) in [6.45, 7) is 5.52. The number of amides is 1. The average Bonchev–Trinajstić information content (AvgIpc) is 2.33. The Morgan fingerprint density at radius 1 is 1.38 bits per heavy atom. The zero-order valence-electron chi connectivity index (χ0n) is 12.3. The molecule has 0 heterocycles. The standard InChI is InChI=1S/C15H20N2O4/c1-15(2,3)21-14(20)17-9-5-7-10-11(13(18)19)6-4-8-12(10)16/h4-8H,9,16H2,1-3H3,(H,17,20)(H,18,19). The molecular formula is C15H20N2O4. The summed E-state index contributed by atoms with van der Waals surface area (Å²) in [5.74, 6) is -1.05. The van der Waals surface area contributed by atoms with Gasteiger partial charge in [0.15, 0.2) is 0 Å². The number of hydrogen-bond acceptors (Lipinski definition) is 4. The van der Waals surface area contributed by atoms with Crippen LogP contribution in [0.3, 0.4) is 0 Å². The molecule has 6 nitrogen and oxygen atoms in total.